The molecule has 3 N–H and O–H groups in total. The van der Waals surface area contributed by atoms with Crippen molar-refractivity contribution in [1.29, 1.82) is 0 Å². The number of carbonyl (C=O) groups excluding carboxylic acids is 2. The van der Waals surface area contributed by atoms with Gasteiger partial charge in [0, 0.05) is 23.8 Å². The molecule has 11 heteroatoms. The number of alkyl halides is 3. The third kappa shape index (κ3) is 5.60. The van der Waals surface area contributed by atoms with Crippen LogP contribution in [0.1, 0.15) is 41.6 Å². The minimum Gasteiger partial charge on any atom is -0.349 e. The summed E-state index contributed by atoms with van der Waals surface area (Å²) < 4.78 is 39.9. The number of amides is 3. The van der Waals surface area contributed by atoms with E-state index in [1.165, 1.54) is 12.1 Å². The molecule has 0 aliphatic heterocycles. The molecule has 3 amide bonds. The quantitative estimate of drug-likeness (QED) is 0.519. The van der Waals surface area contributed by atoms with Crippen LogP contribution >= 0.6 is 0 Å². The Morgan fingerprint density at radius 2 is 1.88 bits per heavy atom. The molecule has 0 atom stereocenters. The lowest BCUT2D eigenvalue weighted by atomic mass is 10.1. The van der Waals surface area contributed by atoms with Crippen LogP contribution in [0.4, 0.5) is 23.7 Å². The Kier molecular flexibility index (Phi) is 6.47. The van der Waals surface area contributed by atoms with Gasteiger partial charge < -0.3 is 16.0 Å². The Morgan fingerprint density at radius 1 is 1.09 bits per heavy atom. The number of aromatic nitrogens is 3. The molecule has 0 bridgehead atoms. The lowest BCUT2D eigenvalue weighted by molar-refractivity contribution is -0.137. The summed E-state index contributed by atoms with van der Waals surface area (Å²) in [5, 5.41) is 16.1. The molecular weight excluding hydrogens is 437 g/mol. The first-order valence-electron chi connectivity index (χ1n) is 10.7. The fourth-order valence-corrected chi connectivity index (χ4v) is 3.84. The number of hydrogen-bond acceptors (Lipinski definition) is 4. The first-order valence-corrected chi connectivity index (χ1v) is 10.7. The van der Waals surface area contributed by atoms with E-state index in [0.717, 1.165) is 37.8 Å². The van der Waals surface area contributed by atoms with Crippen molar-refractivity contribution in [1.82, 2.24) is 25.6 Å². The number of anilines is 1. The average Bonchev–Trinajstić information content (AvgIpc) is 3.43. The molecule has 0 unspecified atom stereocenters. The zero-order valence-corrected chi connectivity index (χ0v) is 17.7. The van der Waals surface area contributed by atoms with Crippen LogP contribution in [0.2, 0.25) is 0 Å². The van der Waals surface area contributed by atoms with Gasteiger partial charge in [-0.25, -0.2) is 9.48 Å². The summed E-state index contributed by atoms with van der Waals surface area (Å²) in [6, 6.07) is 9.12. The topological polar surface area (TPSA) is 101 Å². The van der Waals surface area contributed by atoms with Crippen molar-refractivity contribution in [2.75, 3.05) is 11.9 Å². The number of nitrogens with zero attached hydrogens (tertiary/aromatic N) is 3. The van der Waals surface area contributed by atoms with Crippen LogP contribution in [-0.2, 0) is 12.7 Å². The summed E-state index contributed by atoms with van der Waals surface area (Å²) in [7, 11) is 0. The Labute approximate surface area is 187 Å². The van der Waals surface area contributed by atoms with Gasteiger partial charge in [0.1, 0.15) is 5.52 Å². The maximum absolute atomic E-state index is 12.8. The van der Waals surface area contributed by atoms with E-state index in [1.807, 2.05) is 0 Å². The predicted octanol–water partition coefficient (Wildman–Crippen LogP) is 3.94. The number of halogens is 3. The van der Waals surface area contributed by atoms with Crippen LogP contribution in [0.25, 0.3) is 11.0 Å². The second-order valence-corrected chi connectivity index (χ2v) is 7.93. The van der Waals surface area contributed by atoms with Crippen molar-refractivity contribution in [2.24, 2.45) is 0 Å². The van der Waals surface area contributed by atoms with E-state index < -0.39 is 17.8 Å². The molecule has 1 aliphatic carbocycles. The Morgan fingerprint density at radius 3 is 2.64 bits per heavy atom. The Balaban J connectivity index is 1.31. The summed E-state index contributed by atoms with van der Waals surface area (Å²) in [4.78, 5) is 24.5. The first kappa shape index (κ1) is 22.6. The molecule has 3 aromatic rings. The normalized spacial score (nSPS) is 14.4. The first-order chi connectivity index (χ1) is 15.8. The molecule has 1 saturated carbocycles. The van der Waals surface area contributed by atoms with E-state index in [2.05, 4.69) is 26.3 Å². The molecule has 174 valence electrons. The van der Waals surface area contributed by atoms with Crippen LogP contribution in [0, 0.1) is 0 Å². The molecule has 1 heterocycles. The summed E-state index contributed by atoms with van der Waals surface area (Å²) in [6.45, 7) is 0.466. The SMILES string of the molecule is O=C(NCCn1nnc2cc(C(=O)NC3CCCC3)ccc21)Nc1cccc(C(F)(F)F)c1. The van der Waals surface area contributed by atoms with Gasteiger partial charge in [-0.15, -0.1) is 5.10 Å². The van der Waals surface area contributed by atoms with Gasteiger partial charge in [-0.05, 0) is 49.2 Å². The van der Waals surface area contributed by atoms with Gasteiger partial charge in [0.15, 0.2) is 0 Å². The Hall–Kier alpha value is -3.63. The molecule has 1 aromatic heterocycles. The van der Waals surface area contributed by atoms with E-state index in [-0.39, 0.29) is 24.2 Å². The van der Waals surface area contributed by atoms with E-state index >= 15 is 0 Å². The van der Waals surface area contributed by atoms with E-state index in [9.17, 15) is 22.8 Å². The Bertz CT molecular complexity index is 1150. The van der Waals surface area contributed by atoms with E-state index in [1.54, 1.807) is 22.9 Å². The zero-order valence-electron chi connectivity index (χ0n) is 17.7. The van der Waals surface area contributed by atoms with Gasteiger partial charge in [0.05, 0.1) is 17.6 Å². The molecule has 33 heavy (non-hydrogen) atoms. The standard InChI is InChI=1S/C22H23F3N6O2/c23-22(24,25)15-4-3-7-17(13-15)28-21(33)26-10-11-31-19-9-8-14(12-18(19)29-30-31)20(32)27-16-5-1-2-6-16/h3-4,7-9,12-13,16H,1-2,5-6,10-11H2,(H,27,32)(H2,26,28,33). The fourth-order valence-electron chi connectivity index (χ4n) is 3.84. The highest BCUT2D eigenvalue weighted by molar-refractivity contribution is 5.97. The summed E-state index contributed by atoms with van der Waals surface area (Å²) in [5.41, 5.74) is 0.970. The molecule has 1 fully saturated rings. The van der Waals surface area contributed by atoms with Gasteiger partial charge >= 0.3 is 12.2 Å². The second-order valence-electron chi connectivity index (χ2n) is 7.93. The lowest BCUT2D eigenvalue weighted by Gasteiger charge is -2.12. The predicted molar refractivity (Wildman–Crippen MR) is 116 cm³/mol. The third-order valence-corrected chi connectivity index (χ3v) is 5.52. The molecule has 4 rings (SSSR count). The molecule has 1 aliphatic rings. The molecular formula is C22H23F3N6O2. The van der Waals surface area contributed by atoms with Crippen molar-refractivity contribution in [3.63, 3.8) is 0 Å². The monoisotopic (exact) mass is 460 g/mol. The lowest BCUT2D eigenvalue weighted by Crippen LogP contribution is -2.32. The number of hydrogen-bond donors (Lipinski definition) is 3. The number of carbonyl (C=O) groups is 2. The van der Waals surface area contributed by atoms with Crippen molar-refractivity contribution in [3.05, 3.63) is 53.6 Å². The largest absolute Gasteiger partial charge is 0.416 e. The van der Waals surface area contributed by atoms with E-state index in [4.69, 9.17) is 0 Å². The molecule has 0 radical (unpaired) electrons. The molecule has 0 saturated heterocycles. The van der Waals surface area contributed by atoms with Gasteiger partial charge in [-0.3, -0.25) is 4.79 Å². The van der Waals surface area contributed by atoms with Gasteiger partial charge in [0.25, 0.3) is 5.91 Å². The van der Waals surface area contributed by atoms with Crippen LogP contribution in [-0.4, -0.2) is 39.5 Å². The fraction of sp³-hybridized carbons (Fsp3) is 0.364. The summed E-state index contributed by atoms with van der Waals surface area (Å²) in [5.74, 6) is -0.133. The van der Waals surface area contributed by atoms with Gasteiger partial charge in [0.2, 0.25) is 0 Å². The molecule has 2 aromatic carbocycles. The second kappa shape index (κ2) is 9.47. The maximum Gasteiger partial charge on any atom is 0.416 e. The highest BCUT2D eigenvalue weighted by atomic mass is 19.4. The van der Waals surface area contributed by atoms with Crippen molar-refractivity contribution < 1.29 is 22.8 Å². The van der Waals surface area contributed by atoms with Gasteiger partial charge in [-0.1, -0.05) is 24.1 Å². The highest BCUT2D eigenvalue weighted by Crippen LogP contribution is 2.30. The van der Waals surface area contributed by atoms with Gasteiger partial charge in [-0.2, -0.15) is 13.2 Å². The number of urea groups is 1. The summed E-state index contributed by atoms with van der Waals surface area (Å²) >= 11 is 0. The average molecular weight is 460 g/mol. The number of benzene rings is 2. The van der Waals surface area contributed by atoms with Crippen molar-refractivity contribution in [3.8, 4) is 0 Å². The van der Waals surface area contributed by atoms with Crippen LogP contribution in [0.3, 0.4) is 0 Å². The smallest absolute Gasteiger partial charge is 0.349 e. The third-order valence-electron chi connectivity index (χ3n) is 5.52. The number of rotatable bonds is 6. The zero-order chi connectivity index (χ0) is 23.4. The minimum atomic E-state index is -4.49. The van der Waals surface area contributed by atoms with Crippen molar-refractivity contribution >= 4 is 28.7 Å². The highest BCUT2D eigenvalue weighted by Gasteiger charge is 2.30. The van der Waals surface area contributed by atoms with Crippen molar-refractivity contribution in [2.45, 2.75) is 44.4 Å². The number of nitrogens with one attached hydrogen (secondary N) is 3. The van der Waals surface area contributed by atoms with Crippen LogP contribution in [0.15, 0.2) is 42.5 Å². The van der Waals surface area contributed by atoms with Crippen LogP contribution in [0.5, 0.6) is 0 Å². The molecule has 0 spiro atoms. The number of fused-ring (bicyclic) bond motifs is 1. The van der Waals surface area contributed by atoms with Crippen LogP contribution < -0.4 is 16.0 Å². The molecule has 8 nitrogen and oxygen atoms in total. The minimum absolute atomic E-state index is 0.0388. The van der Waals surface area contributed by atoms with E-state index in [0.29, 0.717) is 23.1 Å². The maximum atomic E-state index is 12.8. The summed E-state index contributed by atoms with van der Waals surface area (Å²) in [6.07, 6.45) is -0.231.